The van der Waals surface area contributed by atoms with E-state index in [-0.39, 0.29) is 11.9 Å². The Bertz CT molecular complexity index is 729. The first-order valence-electron chi connectivity index (χ1n) is 9.07. The van der Waals surface area contributed by atoms with Crippen molar-refractivity contribution in [1.29, 1.82) is 0 Å². The van der Waals surface area contributed by atoms with E-state index in [0.717, 1.165) is 29.7 Å². The first-order chi connectivity index (χ1) is 12.5. The van der Waals surface area contributed by atoms with Crippen LogP contribution in [-0.2, 0) is 16.8 Å². The molecule has 2 aromatic rings. The molecule has 138 valence electrons. The summed E-state index contributed by atoms with van der Waals surface area (Å²) >= 11 is 0. The molecule has 0 radical (unpaired) electrons. The van der Waals surface area contributed by atoms with Gasteiger partial charge < -0.3 is 14.7 Å². The Balaban J connectivity index is 1.70. The molecule has 1 amide bonds. The number of hydrogen-bond acceptors (Lipinski definition) is 4. The predicted molar refractivity (Wildman–Crippen MR) is 99.9 cm³/mol. The fourth-order valence-electron chi connectivity index (χ4n) is 3.71. The Morgan fingerprint density at radius 1 is 1.27 bits per heavy atom. The molecule has 0 spiro atoms. The molecule has 5 nitrogen and oxygen atoms in total. The van der Waals surface area contributed by atoms with Gasteiger partial charge in [0.05, 0.1) is 13.2 Å². The van der Waals surface area contributed by atoms with Crippen molar-refractivity contribution >= 4 is 5.91 Å². The maximum atomic E-state index is 12.8. The van der Waals surface area contributed by atoms with E-state index in [1.54, 1.807) is 26.4 Å². The van der Waals surface area contributed by atoms with Crippen molar-refractivity contribution < 1.29 is 14.6 Å². The number of nitrogens with zero attached hydrogens (tertiary/aromatic N) is 2. The third-order valence-corrected chi connectivity index (χ3v) is 5.27. The molecule has 0 saturated carbocycles. The van der Waals surface area contributed by atoms with Gasteiger partial charge in [0.2, 0.25) is 5.91 Å². The number of hydrogen-bond donors (Lipinski definition) is 1. The van der Waals surface area contributed by atoms with Crippen molar-refractivity contribution in [3.63, 3.8) is 0 Å². The Hall–Kier alpha value is -2.40. The van der Waals surface area contributed by atoms with Crippen LogP contribution in [0.5, 0.6) is 5.75 Å². The molecule has 0 bridgehead atoms. The van der Waals surface area contributed by atoms with Crippen molar-refractivity contribution in [2.45, 2.75) is 44.2 Å². The first kappa shape index (κ1) is 18.4. The summed E-state index contributed by atoms with van der Waals surface area (Å²) in [6, 6.07) is 11.1. The number of carbonyl (C=O) groups excluding carboxylic acids is 1. The van der Waals surface area contributed by atoms with Crippen molar-refractivity contribution in [3.05, 3.63) is 59.9 Å². The maximum Gasteiger partial charge on any atom is 0.223 e. The average Bonchev–Trinajstić information content (AvgIpc) is 3.18. The number of rotatable bonds is 6. The number of carbonyl (C=O) groups is 1. The lowest BCUT2D eigenvalue weighted by Crippen LogP contribution is -2.48. The van der Waals surface area contributed by atoms with Gasteiger partial charge in [0.15, 0.2) is 0 Å². The number of pyridine rings is 1. The summed E-state index contributed by atoms with van der Waals surface area (Å²) in [5, 5.41) is 11.2. The van der Waals surface area contributed by atoms with Crippen LogP contribution in [0.15, 0.2) is 48.8 Å². The summed E-state index contributed by atoms with van der Waals surface area (Å²) in [4.78, 5) is 18.6. The third-order valence-electron chi connectivity index (χ3n) is 5.27. The van der Waals surface area contributed by atoms with Crippen LogP contribution in [0.1, 0.15) is 37.3 Å². The van der Waals surface area contributed by atoms with Gasteiger partial charge >= 0.3 is 0 Å². The molecule has 1 saturated heterocycles. The smallest absolute Gasteiger partial charge is 0.223 e. The minimum Gasteiger partial charge on any atom is -0.497 e. The van der Waals surface area contributed by atoms with Crippen molar-refractivity contribution in [1.82, 2.24) is 9.88 Å². The molecule has 0 aliphatic carbocycles. The summed E-state index contributed by atoms with van der Waals surface area (Å²) in [6.45, 7) is 2.50. The second-order valence-corrected chi connectivity index (χ2v) is 6.98. The highest BCUT2D eigenvalue weighted by atomic mass is 16.5. The summed E-state index contributed by atoms with van der Waals surface area (Å²) < 4.78 is 5.19. The summed E-state index contributed by atoms with van der Waals surface area (Å²) in [7, 11) is 1.62. The first-order valence-corrected chi connectivity index (χ1v) is 9.07. The Morgan fingerprint density at radius 2 is 1.96 bits per heavy atom. The Kier molecular flexibility index (Phi) is 5.57. The van der Waals surface area contributed by atoms with Gasteiger partial charge in [-0.05, 0) is 61.6 Å². The highest BCUT2D eigenvalue weighted by molar-refractivity contribution is 5.77. The summed E-state index contributed by atoms with van der Waals surface area (Å²) in [5.41, 5.74) is 0.817. The van der Waals surface area contributed by atoms with Crippen LogP contribution < -0.4 is 4.74 Å². The van der Waals surface area contributed by atoms with E-state index in [1.807, 2.05) is 41.3 Å². The Labute approximate surface area is 154 Å². The fraction of sp³-hybridized carbons (Fsp3) is 0.429. The van der Waals surface area contributed by atoms with Gasteiger partial charge in [0.1, 0.15) is 11.4 Å². The Morgan fingerprint density at radius 3 is 2.62 bits per heavy atom. The topological polar surface area (TPSA) is 62.7 Å². The normalized spacial score (nSPS) is 19.2. The van der Waals surface area contributed by atoms with Crippen molar-refractivity contribution in [2.24, 2.45) is 0 Å². The second kappa shape index (κ2) is 7.87. The van der Waals surface area contributed by atoms with Gasteiger partial charge in [0.25, 0.3) is 0 Å². The van der Waals surface area contributed by atoms with Crippen LogP contribution in [-0.4, -0.2) is 40.6 Å². The van der Waals surface area contributed by atoms with Crippen LogP contribution in [0.2, 0.25) is 0 Å². The van der Waals surface area contributed by atoms with E-state index in [1.165, 1.54) is 0 Å². The zero-order chi connectivity index (χ0) is 18.6. The van der Waals surface area contributed by atoms with E-state index in [0.29, 0.717) is 19.4 Å². The monoisotopic (exact) mass is 354 g/mol. The van der Waals surface area contributed by atoms with Crippen LogP contribution in [0.4, 0.5) is 0 Å². The molecule has 5 heteroatoms. The van der Waals surface area contributed by atoms with E-state index in [4.69, 9.17) is 4.74 Å². The van der Waals surface area contributed by atoms with Crippen LogP contribution in [0, 0.1) is 0 Å². The highest BCUT2D eigenvalue weighted by Gasteiger charge is 2.42. The molecule has 1 aromatic heterocycles. The molecule has 1 aliphatic rings. The lowest BCUT2D eigenvalue weighted by molar-refractivity contribution is -0.137. The lowest BCUT2D eigenvalue weighted by atomic mass is 9.86. The van der Waals surface area contributed by atoms with Gasteiger partial charge in [-0.3, -0.25) is 9.78 Å². The van der Waals surface area contributed by atoms with Gasteiger partial charge in [-0.15, -0.1) is 0 Å². The van der Waals surface area contributed by atoms with Crippen LogP contribution in [0.25, 0.3) is 0 Å². The van der Waals surface area contributed by atoms with Crippen LogP contribution in [0.3, 0.4) is 0 Å². The van der Waals surface area contributed by atoms with Gasteiger partial charge in [-0.1, -0.05) is 12.1 Å². The standard InChI is InChI=1S/C21H26N2O3/c1-21(25,17-6-8-18(26-2)9-7-17)19-4-3-15-23(19)20(24)10-5-16-11-13-22-14-12-16/h6-9,11-14,19,25H,3-5,10,15H2,1-2H3/t19-,21+/m0/s1. The zero-order valence-corrected chi connectivity index (χ0v) is 15.4. The van der Waals surface area contributed by atoms with Crippen molar-refractivity contribution in [3.8, 4) is 5.75 Å². The molecule has 26 heavy (non-hydrogen) atoms. The molecular formula is C21H26N2O3. The molecule has 1 N–H and O–H groups in total. The molecular weight excluding hydrogens is 328 g/mol. The van der Waals surface area contributed by atoms with E-state index in [2.05, 4.69) is 4.98 Å². The van der Waals surface area contributed by atoms with Crippen LogP contribution >= 0.6 is 0 Å². The third kappa shape index (κ3) is 3.88. The molecule has 1 aliphatic heterocycles. The number of aryl methyl sites for hydroxylation is 1. The number of ether oxygens (including phenoxy) is 1. The van der Waals surface area contributed by atoms with Crippen molar-refractivity contribution in [2.75, 3.05) is 13.7 Å². The number of amides is 1. The minimum absolute atomic E-state index is 0.0955. The molecule has 2 atom stereocenters. The molecule has 1 fully saturated rings. The number of methoxy groups -OCH3 is 1. The van der Waals surface area contributed by atoms with E-state index in [9.17, 15) is 9.90 Å². The largest absolute Gasteiger partial charge is 0.497 e. The number of aliphatic hydroxyl groups is 1. The highest BCUT2D eigenvalue weighted by Crippen LogP contribution is 2.35. The van der Waals surface area contributed by atoms with Gasteiger partial charge in [-0.25, -0.2) is 0 Å². The molecule has 3 rings (SSSR count). The lowest BCUT2D eigenvalue weighted by Gasteiger charge is -2.37. The SMILES string of the molecule is COc1ccc([C@@](C)(O)[C@@H]2CCCN2C(=O)CCc2ccncc2)cc1. The number of likely N-dealkylation sites (tertiary alicyclic amines) is 1. The molecule has 0 unspecified atom stereocenters. The van der Waals surface area contributed by atoms with E-state index < -0.39 is 5.60 Å². The molecule has 1 aromatic carbocycles. The number of benzene rings is 1. The summed E-state index contributed by atoms with van der Waals surface area (Å²) in [5.74, 6) is 0.847. The quantitative estimate of drug-likeness (QED) is 0.866. The van der Waals surface area contributed by atoms with E-state index >= 15 is 0 Å². The average molecular weight is 354 g/mol. The van der Waals surface area contributed by atoms with Gasteiger partial charge in [0, 0.05) is 25.4 Å². The maximum absolute atomic E-state index is 12.8. The molecule has 2 heterocycles. The zero-order valence-electron chi connectivity index (χ0n) is 15.4. The number of aromatic nitrogens is 1. The fourth-order valence-corrected chi connectivity index (χ4v) is 3.71. The minimum atomic E-state index is -1.09. The predicted octanol–water partition coefficient (Wildman–Crippen LogP) is 2.92. The van der Waals surface area contributed by atoms with Gasteiger partial charge in [-0.2, -0.15) is 0 Å². The second-order valence-electron chi connectivity index (χ2n) is 6.98. The summed E-state index contributed by atoms with van der Waals surface area (Å²) in [6.07, 6.45) is 6.34.